The van der Waals surface area contributed by atoms with Crippen LogP contribution in [-0.2, 0) is 11.3 Å². The lowest BCUT2D eigenvalue weighted by molar-refractivity contribution is -0.122. The zero-order valence-electron chi connectivity index (χ0n) is 11.5. The van der Waals surface area contributed by atoms with Crippen molar-refractivity contribution in [3.05, 3.63) is 34.6 Å². The highest BCUT2D eigenvalue weighted by atomic mass is 35.5. The van der Waals surface area contributed by atoms with Crippen LogP contribution < -0.4 is 10.6 Å². The van der Waals surface area contributed by atoms with Gasteiger partial charge in [-0.25, -0.2) is 4.39 Å². The van der Waals surface area contributed by atoms with Crippen LogP contribution in [0, 0.1) is 11.7 Å². The number of amides is 1. The molecule has 0 fully saturated rings. The van der Waals surface area contributed by atoms with Gasteiger partial charge in [0.1, 0.15) is 5.82 Å². The lowest BCUT2D eigenvalue weighted by Gasteiger charge is -2.15. The average Bonchev–Trinajstić information content (AvgIpc) is 2.37. The zero-order valence-corrected chi connectivity index (χ0v) is 12.2. The van der Waals surface area contributed by atoms with Crippen molar-refractivity contribution in [2.24, 2.45) is 5.92 Å². The normalized spacial score (nSPS) is 12.5. The smallest absolute Gasteiger partial charge is 0.236 e. The van der Waals surface area contributed by atoms with Gasteiger partial charge in [-0.1, -0.05) is 37.6 Å². The Morgan fingerprint density at radius 3 is 2.68 bits per heavy atom. The molecule has 0 heterocycles. The van der Waals surface area contributed by atoms with Gasteiger partial charge < -0.3 is 10.6 Å². The van der Waals surface area contributed by atoms with Crippen molar-refractivity contribution in [1.82, 2.24) is 10.6 Å². The predicted octanol–water partition coefficient (Wildman–Crippen LogP) is 2.73. The molecule has 1 amide bonds. The van der Waals surface area contributed by atoms with Crippen LogP contribution in [0.1, 0.15) is 26.3 Å². The Kier molecular flexibility index (Phi) is 6.25. The van der Waals surface area contributed by atoms with E-state index < -0.39 is 5.82 Å². The highest BCUT2D eigenvalue weighted by molar-refractivity contribution is 6.31. The summed E-state index contributed by atoms with van der Waals surface area (Å²) in [6.45, 7) is 6.83. The number of benzene rings is 1. The van der Waals surface area contributed by atoms with Crippen LogP contribution in [0.25, 0.3) is 0 Å². The fourth-order valence-corrected chi connectivity index (χ4v) is 1.69. The Morgan fingerprint density at radius 2 is 2.05 bits per heavy atom. The van der Waals surface area contributed by atoms with Crippen molar-refractivity contribution in [2.45, 2.75) is 33.4 Å². The summed E-state index contributed by atoms with van der Waals surface area (Å²) in [4.78, 5) is 11.7. The number of rotatable bonds is 6. The van der Waals surface area contributed by atoms with E-state index in [2.05, 4.69) is 10.6 Å². The Balaban J connectivity index is 2.47. The van der Waals surface area contributed by atoms with Crippen LogP contribution in [0.3, 0.4) is 0 Å². The lowest BCUT2D eigenvalue weighted by Crippen LogP contribution is -2.43. The molecule has 1 rings (SSSR count). The summed E-state index contributed by atoms with van der Waals surface area (Å²) < 4.78 is 13.2. The molecule has 0 aliphatic heterocycles. The van der Waals surface area contributed by atoms with Gasteiger partial charge in [0.25, 0.3) is 0 Å². The molecule has 19 heavy (non-hydrogen) atoms. The van der Waals surface area contributed by atoms with E-state index in [4.69, 9.17) is 11.6 Å². The third-order valence-corrected chi connectivity index (χ3v) is 3.13. The van der Waals surface area contributed by atoms with Crippen molar-refractivity contribution in [3.63, 3.8) is 0 Å². The second-order valence-corrected chi connectivity index (χ2v) is 5.33. The van der Waals surface area contributed by atoms with Crippen molar-refractivity contribution in [1.29, 1.82) is 0 Å². The molecule has 5 heteroatoms. The molecule has 1 unspecified atom stereocenters. The molecular formula is C14H20ClFN2O. The lowest BCUT2D eigenvalue weighted by atomic mass is 10.2. The molecule has 0 aliphatic carbocycles. The van der Waals surface area contributed by atoms with E-state index in [1.165, 1.54) is 6.07 Å². The first kappa shape index (κ1) is 15.9. The van der Waals surface area contributed by atoms with Crippen molar-refractivity contribution in [2.75, 3.05) is 6.54 Å². The third-order valence-electron chi connectivity index (χ3n) is 2.71. The first-order valence-electron chi connectivity index (χ1n) is 6.35. The van der Waals surface area contributed by atoms with Gasteiger partial charge in [-0.3, -0.25) is 4.79 Å². The number of nitrogens with one attached hydrogen (secondary N) is 2. The van der Waals surface area contributed by atoms with Gasteiger partial charge in [0.05, 0.1) is 11.1 Å². The number of hydrogen-bond donors (Lipinski definition) is 2. The maximum atomic E-state index is 13.2. The van der Waals surface area contributed by atoms with Crippen LogP contribution >= 0.6 is 11.6 Å². The van der Waals surface area contributed by atoms with Gasteiger partial charge in [0.15, 0.2) is 0 Å². The molecular weight excluding hydrogens is 267 g/mol. The molecule has 0 spiro atoms. The Morgan fingerprint density at radius 1 is 1.37 bits per heavy atom. The SMILES string of the molecule is CC(C)CNC(=O)C(C)NCc1cccc(F)c1Cl. The molecule has 0 saturated carbocycles. The summed E-state index contributed by atoms with van der Waals surface area (Å²) >= 11 is 5.84. The maximum absolute atomic E-state index is 13.2. The minimum absolute atomic E-state index is 0.0683. The molecule has 0 radical (unpaired) electrons. The Labute approximate surface area is 118 Å². The van der Waals surface area contributed by atoms with E-state index >= 15 is 0 Å². The second-order valence-electron chi connectivity index (χ2n) is 4.95. The molecule has 0 saturated heterocycles. The Hall–Kier alpha value is -1.13. The van der Waals surface area contributed by atoms with E-state index in [0.29, 0.717) is 24.6 Å². The number of halogens is 2. The quantitative estimate of drug-likeness (QED) is 0.844. The van der Waals surface area contributed by atoms with Gasteiger partial charge in [-0.15, -0.1) is 0 Å². The van der Waals surface area contributed by atoms with Crippen molar-refractivity contribution in [3.8, 4) is 0 Å². The van der Waals surface area contributed by atoms with Gasteiger partial charge in [0, 0.05) is 13.1 Å². The zero-order chi connectivity index (χ0) is 14.4. The maximum Gasteiger partial charge on any atom is 0.236 e. The highest BCUT2D eigenvalue weighted by Gasteiger charge is 2.13. The summed E-state index contributed by atoms with van der Waals surface area (Å²) in [5.74, 6) is -0.104. The fraction of sp³-hybridized carbons (Fsp3) is 0.500. The molecule has 106 valence electrons. The standard InChI is InChI=1S/C14H20ClFN2O/c1-9(2)7-18-14(19)10(3)17-8-11-5-4-6-12(16)13(11)15/h4-6,9-10,17H,7-8H2,1-3H3,(H,18,19). The first-order valence-corrected chi connectivity index (χ1v) is 6.73. The predicted molar refractivity (Wildman–Crippen MR) is 75.6 cm³/mol. The summed E-state index contributed by atoms with van der Waals surface area (Å²) in [7, 11) is 0. The van der Waals surface area contributed by atoms with Gasteiger partial charge >= 0.3 is 0 Å². The molecule has 0 aromatic heterocycles. The number of carbonyl (C=O) groups is 1. The first-order chi connectivity index (χ1) is 8.91. The number of carbonyl (C=O) groups excluding carboxylic acids is 1. The minimum atomic E-state index is -0.446. The van der Waals surface area contributed by atoms with Crippen LogP contribution in [-0.4, -0.2) is 18.5 Å². The fourth-order valence-electron chi connectivity index (χ4n) is 1.50. The topological polar surface area (TPSA) is 41.1 Å². The van der Waals surface area contributed by atoms with Gasteiger partial charge in [-0.2, -0.15) is 0 Å². The Bertz CT molecular complexity index is 437. The number of hydrogen-bond acceptors (Lipinski definition) is 2. The van der Waals surface area contributed by atoms with E-state index in [9.17, 15) is 9.18 Å². The van der Waals surface area contributed by atoms with E-state index in [1.54, 1.807) is 19.1 Å². The molecule has 1 atom stereocenters. The van der Waals surface area contributed by atoms with Crippen molar-refractivity contribution >= 4 is 17.5 Å². The summed E-state index contributed by atoms with van der Waals surface area (Å²) in [6.07, 6.45) is 0. The molecule has 1 aromatic rings. The molecule has 2 N–H and O–H groups in total. The van der Waals surface area contributed by atoms with Gasteiger partial charge in [0.2, 0.25) is 5.91 Å². The van der Waals surface area contributed by atoms with Crippen LogP contribution in [0.4, 0.5) is 4.39 Å². The van der Waals surface area contributed by atoms with Crippen molar-refractivity contribution < 1.29 is 9.18 Å². The second kappa shape index (κ2) is 7.46. The third kappa shape index (κ3) is 5.17. The molecule has 3 nitrogen and oxygen atoms in total. The molecule has 0 bridgehead atoms. The van der Waals surface area contributed by atoms with Crippen LogP contribution in [0.15, 0.2) is 18.2 Å². The van der Waals surface area contributed by atoms with Crippen LogP contribution in [0.5, 0.6) is 0 Å². The van der Waals surface area contributed by atoms with Gasteiger partial charge in [-0.05, 0) is 24.5 Å². The van der Waals surface area contributed by atoms with Crippen LogP contribution in [0.2, 0.25) is 5.02 Å². The van der Waals surface area contributed by atoms with E-state index in [1.807, 2.05) is 13.8 Å². The monoisotopic (exact) mass is 286 g/mol. The van der Waals surface area contributed by atoms with E-state index in [-0.39, 0.29) is 17.0 Å². The highest BCUT2D eigenvalue weighted by Crippen LogP contribution is 2.19. The summed E-state index contributed by atoms with van der Waals surface area (Å²) in [5, 5.41) is 5.96. The molecule has 1 aromatic carbocycles. The minimum Gasteiger partial charge on any atom is -0.354 e. The largest absolute Gasteiger partial charge is 0.354 e. The average molecular weight is 287 g/mol. The molecule has 0 aliphatic rings. The summed E-state index contributed by atoms with van der Waals surface area (Å²) in [5.41, 5.74) is 0.644. The van der Waals surface area contributed by atoms with E-state index in [0.717, 1.165) is 0 Å². The summed E-state index contributed by atoms with van der Waals surface area (Å²) in [6, 6.07) is 4.29.